The molecule has 0 amide bonds. The lowest BCUT2D eigenvalue weighted by molar-refractivity contribution is 0.0684. The van der Waals surface area contributed by atoms with Crippen molar-refractivity contribution in [2.45, 2.75) is 19.8 Å². The Balaban J connectivity index is 2.44. The van der Waals surface area contributed by atoms with Gasteiger partial charge >= 0.3 is 5.97 Å². The average Bonchev–Trinajstić information content (AvgIpc) is 2.35. The molecule has 0 radical (unpaired) electrons. The smallest absolute Gasteiger partial charge is 0.339 e. The van der Waals surface area contributed by atoms with Crippen molar-refractivity contribution in [3.8, 4) is 5.75 Å². The molecule has 6 nitrogen and oxygen atoms in total. The van der Waals surface area contributed by atoms with Gasteiger partial charge in [-0.25, -0.2) is 9.78 Å². The van der Waals surface area contributed by atoms with Crippen molar-refractivity contribution >= 4 is 11.8 Å². The lowest BCUT2D eigenvalue weighted by atomic mass is 10.2. The number of carboxylic acids is 1. The zero-order valence-electron chi connectivity index (χ0n) is 10.4. The molecule has 3 N–H and O–H groups in total. The summed E-state index contributed by atoms with van der Waals surface area (Å²) in [6.45, 7) is 3.48. The number of aromatic carboxylic acids is 1. The topological polar surface area (TPSA) is 94.7 Å². The molecule has 0 aromatic carbocycles. The largest absolute Gasteiger partial charge is 0.489 e. The number of aromatic nitrogens is 1. The third kappa shape index (κ3) is 4.58. The van der Waals surface area contributed by atoms with E-state index >= 15 is 0 Å². The predicted octanol–water partition coefficient (Wildman–Crippen LogP) is 1.56. The predicted molar refractivity (Wildman–Crippen MR) is 66.8 cm³/mol. The summed E-state index contributed by atoms with van der Waals surface area (Å²) in [5.74, 6) is -0.735. The molecule has 0 aliphatic heterocycles. The second-order valence-corrected chi connectivity index (χ2v) is 3.72. The van der Waals surface area contributed by atoms with E-state index in [9.17, 15) is 4.79 Å². The van der Waals surface area contributed by atoms with Crippen molar-refractivity contribution in [3.05, 3.63) is 17.8 Å². The van der Waals surface area contributed by atoms with E-state index in [1.54, 1.807) is 0 Å². The Labute approximate surface area is 106 Å². The van der Waals surface area contributed by atoms with Gasteiger partial charge in [-0.05, 0) is 12.5 Å². The number of pyridine rings is 1. The van der Waals surface area contributed by atoms with E-state index in [1.807, 2.05) is 0 Å². The molecule has 0 aliphatic rings. The Morgan fingerprint density at radius 3 is 2.89 bits per heavy atom. The van der Waals surface area contributed by atoms with Gasteiger partial charge in [0.05, 0.1) is 12.8 Å². The molecule has 1 aromatic rings. The van der Waals surface area contributed by atoms with Crippen LogP contribution in [0.2, 0.25) is 0 Å². The molecule has 6 heteroatoms. The van der Waals surface area contributed by atoms with Gasteiger partial charge in [-0.2, -0.15) is 0 Å². The van der Waals surface area contributed by atoms with E-state index in [-0.39, 0.29) is 23.7 Å². The van der Waals surface area contributed by atoms with Crippen LogP contribution in [0.1, 0.15) is 30.1 Å². The number of ether oxygens (including phenoxy) is 2. The van der Waals surface area contributed by atoms with E-state index in [1.165, 1.54) is 12.3 Å². The molecule has 0 atom stereocenters. The van der Waals surface area contributed by atoms with Crippen LogP contribution in [0.15, 0.2) is 12.3 Å². The number of rotatable bonds is 8. The molecule has 0 aliphatic carbocycles. The molecule has 0 saturated carbocycles. The highest BCUT2D eigenvalue weighted by Crippen LogP contribution is 2.18. The molecule has 0 fully saturated rings. The molecule has 0 unspecified atom stereocenters. The number of nitrogens with zero attached hydrogens (tertiary/aromatic N) is 1. The Kier molecular flexibility index (Phi) is 5.93. The normalized spacial score (nSPS) is 10.3. The fourth-order valence-corrected chi connectivity index (χ4v) is 1.30. The first kappa shape index (κ1) is 14.2. The molecule has 0 saturated heterocycles. The highest BCUT2D eigenvalue weighted by Gasteiger charge is 2.12. The lowest BCUT2D eigenvalue weighted by Gasteiger charge is -2.09. The van der Waals surface area contributed by atoms with Gasteiger partial charge in [-0.1, -0.05) is 13.3 Å². The maximum atomic E-state index is 11.0. The molecule has 0 bridgehead atoms. The molecule has 18 heavy (non-hydrogen) atoms. The number of anilines is 1. The zero-order chi connectivity index (χ0) is 13.4. The van der Waals surface area contributed by atoms with Gasteiger partial charge < -0.3 is 20.3 Å². The van der Waals surface area contributed by atoms with Crippen molar-refractivity contribution in [3.63, 3.8) is 0 Å². The van der Waals surface area contributed by atoms with E-state index in [2.05, 4.69) is 11.9 Å². The second kappa shape index (κ2) is 7.50. The molecule has 1 heterocycles. The summed E-state index contributed by atoms with van der Waals surface area (Å²) in [5, 5.41) is 8.97. The fraction of sp³-hybridized carbons (Fsp3) is 0.500. The maximum absolute atomic E-state index is 11.0. The number of hydrogen-bond donors (Lipinski definition) is 2. The number of unbranched alkanes of at least 4 members (excludes halogenated alkanes) is 1. The quantitative estimate of drug-likeness (QED) is 0.683. The van der Waals surface area contributed by atoms with E-state index < -0.39 is 5.97 Å². The van der Waals surface area contributed by atoms with Crippen LogP contribution >= 0.6 is 0 Å². The molecule has 100 valence electrons. The highest BCUT2D eigenvalue weighted by molar-refractivity contribution is 5.91. The third-order valence-corrected chi connectivity index (χ3v) is 2.25. The Morgan fingerprint density at radius 1 is 1.44 bits per heavy atom. The third-order valence-electron chi connectivity index (χ3n) is 2.25. The summed E-state index contributed by atoms with van der Waals surface area (Å²) in [4.78, 5) is 14.8. The molecular formula is C12H18N2O4. The van der Waals surface area contributed by atoms with Gasteiger partial charge in [0.15, 0.2) is 5.75 Å². The molecule has 0 spiro atoms. The number of nitrogens with two attached hydrogens (primary N) is 1. The number of hydrogen-bond acceptors (Lipinski definition) is 5. The van der Waals surface area contributed by atoms with Crippen LogP contribution in [-0.4, -0.2) is 35.9 Å². The van der Waals surface area contributed by atoms with Gasteiger partial charge in [0.25, 0.3) is 0 Å². The minimum absolute atomic E-state index is 0.0102. The monoisotopic (exact) mass is 254 g/mol. The molecule has 1 rings (SSSR count). The lowest BCUT2D eigenvalue weighted by Crippen LogP contribution is -2.11. The first-order valence-electron chi connectivity index (χ1n) is 5.84. The van der Waals surface area contributed by atoms with Crippen LogP contribution in [0.5, 0.6) is 5.75 Å². The summed E-state index contributed by atoms with van der Waals surface area (Å²) in [5.41, 5.74) is 5.43. The van der Waals surface area contributed by atoms with Gasteiger partial charge in [0.2, 0.25) is 0 Å². The van der Waals surface area contributed by atoms with E-state index in [0.717, 1.165) is 12.8 Å². The number of carbonyl (C=O) groups is 1. The minimum Gasteiger partial charge on any atom is -0.489 e. The van der Waals surface area contributed by atoms with Crippen molar-refractivity contribution in [1.29, 1.82) is 0 Å². The van der Waals surface area contributed by atoms with Crippen LogP contribution in [0.3, 0.4) is 0 Å². The first-order valence-corrected chi connectivity index (χ1v) is 5.84. The maximum Gasteiger partial charge on any atom is 0.339 e. The van der Waals surface area contributed by atoms with Gasteiger partial charge in [0, 0.05) is 6.61 Å². The van der Waals surface area contributed by atoms with Crippen LogP contribution in [0, 0.1) is 0 Å². The standard InChI is InChI=1S/C12H18N2O4/c1-2-3-4-17-5-6-18-10-8-14-11(13)7-9(10)12(15)16/h7-8H,2-6H2,1H3,(H2,13,14)(H,15,16). The Morgan fingerprint density at radius 2 is 2.22 bits per heavy atom. The van der Waals surface area contributed by atoms with E-state index in [0.29, 0.717) is 13.2 Å². The first-order chi connectivity index (χ1) is 8.65. The summed E-state index contributed by atoms with van der Waals surface area (Å²) in [7, 11) is 0. The van der Waals surface area contributed by atoms with E-state index in [4.69, 9.17) is 20.3 Å². The van der Waals surface area contributed by atoms with Gasteiger partial charge in [0.1, 0.15) is 18.0 Å². The second-order valence-electron chi connectivity index (χ2n) is 3.72. The van der Waals surface area contributed by atoms with Crippen molar-refractivity contribution in [1.82, 2.24) is 4.98 Å². The van der Waals surface area contributed by atoms with Crippen LogP contribution < -0.4 is 10.5 Å². The van der Waals surface area contributed by atoms with Crippen molar-refractivity contribution in [2.75, 3.05) is 25.6 Å². The van der Waals surface area contributed by atoms with Crippen LogP contribution in [0.25, 0.3) is 0 Å². The summed E-state index contributed by atoms with van der Waals surface area (Å²) in [6, 6.07) is 1.27. The fourth-order valence-electron chi connectivity index (χ4n) is 1.30. The van der Waals surface area contributed by atoms with Crippen LogP contribution in [-0.2, 0) is 4.74 Å². The SMILES string of the molecule is CCCCOCCOc1cnc(N)cc1C(=O)O. The number of nitrogen functional groups attached to an aromatic ring is 1. The molecular weight excluding hydrogens is 236 g/mol. The Hall–Kier alpha value is -1.82. The van der Waals surface area contributed by atoms with Gasteiger partial charge in [-0.3, -0.25) is 0 Å². The zero-order valence-corrected chi connectivity index (χ0v) is 10.4. The summed E-state index contributed by atoms with van der Waals surface area (Å²) >= 11 is 0. The van der Waals surface area contributed by atoms with Crippen LogP contribution in [0.4, 0.5) is 5.82 Å². The van der Waals surface area contributed by atoms with Gasteiger partial charge in [-0.15, -0.1) is 0 Å². The van der Waals surface area contributed by atoms with Crippen molar-refractivity contribution < 1.29 is 19.4 Å². The highest BCUT2D eigenvalue weighted by atomic mass is 16.5. The number of carboxylic acid groups (broad SMARTS) is 1. The minimum atomic E-state index is -1.09. The Bertz CT molecular complexity index is 396. The molecule has 1 aromatic heterocycles. The average molecular weight is 254 g/mol. The summed E-state index contributed by atoms with van der Waals surface area (Å²) < 4.78 is 10.6. The summed E-state index contributed by atoms with van der Waals surface area (Å²) in [6.07, 6.45) is 3.39. The van der Waals surface area contributed by atoms with Crippen molar-refractivity contribution in [2.24, 2.45) is 0 Å².